The average molecular weight is 472 g/mol. The Kier molecular flexibility index (Phi) is 8.01. The van der Waals surface area contributed by atoms with Crippen LogP contribution in [0.4, 0.5) is 0 Å². The number of hydrogen-bond acceptors (Lipinski definition) is 4. The zero-order chi connectivity index (χ0) is 16.8. The van der Waals surface area contributed by atoms with Crippen molar-refractivity contribution in [2.24, 2.45) is 4.99 Å². The van der Waals surface area contributed by atoms with Gasteiger partial charge < -0.3 is 10.6 Å². The van der Waals surface area contributed by atoms with Crippen molar-refractivity contribution in [1.29, 1.82) is 0 Å². The number of hydrogen-bond donors (Lipinski definition) is 2. The van der Waals surface area contributed by atoms with Crippen LogP contribution in [0, 0.1) is 0 Å². The predicted octanol–water partition coefficient (Wildman–Crippen LogP) is 2.56. The lowest BCUT2D eigenvalue weighted by Crippen LogP contribution is -2.48. The normalized spacial score (nSPS) is 18.0. The van der Waals surface area contributed by atoms with Gasteiger partial charge in [-0.25, -0.2) is 9.67 Å². The molecule has 0 saturated carbocycles. The number of guanidine groups is 1. The molecule has 8 heteroatoms. The van der Waals surface area contributed by atoms with Gasteiger partial charge in [0.2, 0.25) is 0 Å². The molecule has 0 radical (unpaired) electrons. The van der Waals surface area contributed by atoms with Crippen molar-refractivity contribution in [1.82, 2.24) is 25.4 Å². The summed E-state index contributed by atoms with van der Waals surface area (Å²) in [7, 11) is 1.81. The molecule has 0 amide bonds. The number of nitrogens with one attached hydrogen (secondary N) is 2. The lowest BCUT2D eigenvalue weighted by molar-refractivity contribution is 0.393. The van der Waals surface area contributed by atoms with E-state index >= 15 is 0 Å². The molecule has 0 saturated heterocycles. The summed E-state index contributed by atoms with van der Waals surface area (Å²) in [6.07, 6.45) is 3.63. The fourth-order valence-electron chi connectivity index (χ4n) is 2.76. The highest BCUT2D eigenvalue weighted by Crippen LogP contribution is 2.21. The van der Waals surface area contributed by atoms with Gasteiger partial charge in [0.1, 0.15) is 12.2 Å². The molecule has 136 valence electrons. The molecule has 25 heavy (non-hydrogen) atoms. The maximum atomic E-state index is 4.34. The zero-order valence-corrected chi connectivity index (χ0v) is 17.7. The van der Waals surface area contributed by atoms with E-state index in [4.69, 9.17) is 0 Å². The number of rotatable bonds is 5. The number of halogens is 1. The summed E-state index contributed by atoms with van der Waals surface area (Å²) in [6, 6.07) is 10.8. The molecule has 0 aliphatic carbocycles. The summed E-state index contributed by atoms with van der Waals surface area (Å²) < 4.78 is 1.97. The van der Waals surface area contributed by atoms with E-state index in [9.17, 15) is 0 Å². The molecular formula is C17H25IN6S. The lowest BCUT2D eigenvalue weighted by Gasteiger charge is -2.26. The summed E-state index contributed by atoms with van der Waals surface area (Å²) in [5.41, 5.74) is 0. The maximum absolute atomic E-state index is 4.34. The molecule has 0 spiro atoms. The Balaban J connectivity index is 0.00000225. The van der Waals surface area contributed by atoms with Crippen molar-refractivity contribution >= 4 is 41.7 Å². The monoisotopic (exact) mass is 472 g/mol. The highest BCUT2D eigenvalue weighted by atomic mass is 127. The largest absolute Gasteiger partial charge is 0.355 e. The fraction of sp³-hybridized carbons (Fsp3) is 0.471. The van der Waals surface area contributed by atoms with Crippen LogP contribution in [0.3, 0.4) is 0 Å². The second-order valence-corrected chi connectivity index (χ2v) is 7.44. The SMILES string of the molecule is CN=C(NCC(C)Sc1ccccc1)NC1CCc2ncnn2C1.I. The smallest absolute Gasteiger partial charge is 0.191 e. The Morgan fingerprint density at radius 2 is 2.20 bits per heavy atom. The summed E-state index contributed by atoms with van der Waals surface area (Å²) in [4.78, 5) is 9.90. The number of aliphatic imine (C=N–C) groups is 1. The number of thioether (sulfide) groups is 1. The summed E-state index contributed by atoms with van der Waals surface area (Å²) in [5, 5.41) is 11.6. The molecule has 1 aliphatic heterocycles. The number of aryl methyl sites for hydroxylation is 1. The average Bonchev–Trinajstić information content (AvgIpc) is 3.07. The van der Waals surface area contributed by atoms with Crippen LogP contribution in [0.15, 0.2) is 46.5 Å². The van der Waals surface area contributed by atoms with Gasteiger partial charge in [-0.15, -0.1) is 35.7 Å². The van der Waals surface area contributed by atoms with Crippen molar-refractivity contribution in [3.63, 3.8) is 0 Å². The fourth-order valence-corrected chi connectivity index (χ4v) is 3.70. The molecule has 1 aromatic heterocycles. The van der Waals surface area contributed by atoms with Crippen molar-refractivity contribution in [2.45, 2.75) is 42.5 Å². The highest BCUT2D eigenvalue weighted by molar-refractivity contribution is 14.0. The molecule has 2 atom stereocenters. The highest BCUT2D eigenvalue weighted by Gasteiger charge is 2.20. The van der Waals surface area contributed by atoms with Crippen LogP contribution in [-0.2, 0) is 13.0 Å². The third-order valence-corrected chi connectivity index (χ3v) is 5.12. The first kappa shape index (κ1) is 20.0. The van der Waals surface area contributed by atoms with E-state index in [0.717, 1.165) is 37.7 Å². The van der Waals surface area contributed by atoms with Crippen molar-refractivity contribution in [3.8, 4) is 0 Å². The Morgan fingerprint density at radius 3 is 2.96 bits per heavy atom. The van der Waals surface area contributed by atoms with Crippen LogP contribution in [0.2, 0.25) is 0 Å². The van der Waals surface area contributed by atoms with Gasteiger partial charge in [0.05, 0.1) is 6.54 Å². The molecule has 1 aliphatic rings. The van der Waals surface area contributed by atoms with Crippen molar-refractivity contribution in [3.05, 3.63) is 42.5 Å². The van der Waals surface area contributed by atoms with E-state index in [2.05, 4.69) is 56.9 Å². The van der Waals surface area contributed by atoms with Crippen molar-refractivity contribution < 1.29 is 0 Å². The Hall–Kier alpha value is -1.29. The Morgan fingerprint density at radius 1 is 1.40 bits per heavy atom. The van der Waals surface area contributed by atoms with Crippen LogP contribution in [0.25, 0.3) is 0 Å². The first-order chi connectivity index (χ1) is 11.7. The quantitative estimate of drug-likeness (QED) is 0.303. The first-order valence-electron chi connectivity index (χ1n) is 8.30. The predicted molar refractivity (Wildman–Crippen MR) is 114 cm³/mol. The van der Waals surface area contributed by atoms with Gasteiger partial charge in [-0.05, 0) is 18.6 Å². The molecule has 2 unspecified atom stereocenters. The van der Waals surface area contributed by atoms with E-state index in [1.807, 2.05) is 29.6 Å². The van der Waals surface area contributed by atoms with Crippen LogP contribution < -0.4 is 10.6 Å². The van der Waals surface area contributed by atoms with Crippen molar-refractivity contribution in [2.75, 3.05) is 13.6 Å². The topological polar surface area (TPSA) is 67.1 Å². The molecule has 1 aromatic carbocycles. The summed E-state index contributed by atoms with van der Waals surface area (Å²) >= 11 is 1.87. The molecule has 2 aromatic rings. The summed E-state index contributed by atoms with van der Waals surface area (Å²) in [6.45, 7) is 3.92. The molecule has 2 heterocycles. The van der Waals surface area contributed by atoms with Gasteiger partial charge >= 0.3 is 0 Å². The van der Waals surface area contributed by atoms with Crippen LogP contribution in [-0.4, -0.2) is 45.6 Å². The standard InChI is InChI=1S/C17H24N6S.HI/c1-13(24-15-6-4-3-5-7-15)10-19-17(18-2)22-14-8-9-16-20-12-21-23(16)11-14;/h3-7,12-14H,8-11H2,1-2H3,(H2,18,19,22);1H. The second kappa shape index (κ2) is 10.0. The molecule has 3 rings (SSSR count). The molecular weight excluding hydrogens is 447 g/mol. The maximum Gasteiger partial charge on any atom is 0.191 e. The third-order valence-electron chi connectivity index (χ3n) is 4.01. The minimum Gasteiger partial charge on any atom is -0.355 e. The van der Waals surface area contributed by atoms with Gasteiger partial charge in [0.15, 0.2) is 5.96 Å². The third kappa shape index (κ3) is 5.88. The number of fused-ring (bicyclic) bond motifs is 1. The second-order valence-electron chi connectivity index (χ2n) is 5.93. The zero-order valence-electron chi connectivity index (χ0n) is 14.6. The van der Waals surface area contributed by atoms with Gasteiger partial charge in [0.25, 0.3) is 0 Å². The molecule has 0 bridgehead atoms. The minimum absolute atomic E-state index is 0. The Bertz CT molecular complexity index is 675. The van der Waals surface area contributed by atoms with E-state index < -0.39 is 0 Å². The molecule has 0 fully saturated rings. The molecule has 6 nitrogen and oxygen atoms in total. The Labute approximate surface area is 170 Å². The van der Waals surface area contributed by atoms with Crippen LogP contribution in [0.5, 0.6) is 0 Å². The number of nitrogens with zero attached hydrogens (tertiary/aromatic N) is 4. The minimum atomic E-state index is 0. The van der Waals surface area contributed by atoms with Gasteiger partial charge in [0, 0.05) is 36.2 Å². The van der Waals surface area contributed by atoms with Crippen LogP contribution in [0.1, 0.15) is 19.2 Å². The molecule has 2 N–H and O–H groups in total. The number of aromatic nitrogens is 3. The number of benzene rings is 1. The van der Waals surface area contributed by atoms with Gasteiger partial charge in [-0.1, -0.05) is 25.1 Å². The first-order valence-corrected chi connectivity index (χ1v) is 9.18. The van der Waals surface area contributed by atoms with E-state index in [-0.39, 0.29) is 24.0 Å². The van der Waals surface area contributed by atoms with Crippen LogP contribution >= 0.6 is 35.7 Å². The summed E-state index contributed by atoms with van der Waals surface area (Å²) in [5.74, 6) is 1.92. The van der Waals surface area contributed by atoms with Gasteiger partial charge in [-0.3, -0.25) is 4.99 Å². The van der Waals surface area contributed by atoms with E-state index in [1.54, 1.807) is 6.33 Å². The van der Waals surface area contributed by atoms with E-state index in [1.165, 1.54) is 4.90 Å². The lowest BCUT2D eigenvalue weighted by atomic mass is 10.1. The van der Waals surface area contributed by atoms with Gasteiger partial charge in [-0.2, -0.15) is 5.10 Å². The van der Waals surface area contributed by atoms with E-state index in [0.29, 0.717) is 11.3 Å².